The molecule has 0 radical (unpaired) electrons. The maximum absolute atomic E-state index is 13.7. The topological polar surface area (TPSA) is 49.9 Å². The smallest absolute Gasteiger partial charge is 0.243 e. The fourth-order valence-corrected chi connectivity index (χ4v) is 5.95. The zero-order valence-corrected chi connectivity index (χ0v) is 17.6. The molecule has 5 rings (SSSR count). The normalized spacial score (nSPS) is 27.9. The minimum absolute atomic E-state index is 0.0907. The van der Waals surface area contributed by atoms with Crippen LogP contribution in [0.15, 0.2) is 48.5 Å². The Morgan fingerprint density at radius 2 is 2.00 bits per heavy atom. The van der Waals surface area contributed by atoms with Crippen molar-refractivity contribution in [2.75, 3.05) is 20.2 Å². The molecular weight excluding hydrogens is 376 g/mol. The molecule has 3 heterocycles. The molecule has 0 saturated carbocycles. The first kappa shape index (κ1) is 19.3. The van der Waals surface area contributed by atoms with Crippen LogP contribution in [0.3, 0.4) is 0 Å². The van der Waals surface area contributed by atoms with Gasteiger partial charge in [0, 0.05) is 30.6 Å². The fraction of sp³-hybridized carbons (Fsp3) is 0.440. The van der Waals surface area contributed by atoms with E-state index in [9.17, 15) is 9.59 Å². The highest BCUT2D eigenvalue weighted by Crippen LogP contribution is 2.56. The van der Waals surface area contributed by atoms with Crippen LogP contribution in [0, 0.1) is 5.92 Å². The maximum Gasteiger partial charge on any atom is 0.243 e. The average Bonchev–Trinajstić information content (AvgIpc) is 3.39. The highest BCUT2D eigenvalue weighted by molar-refractivity contribution is 5.94. The Bertz CT molecular complexity index is 986. The van der Waals surface area contributed by atoms with Gasteiger partial charge in [-0.3, -0.25) is 14.5 Å². The Kier molecular flexibility index (Phi) is 4.66. The zero-order chi connectivity index (χ0) is 20.9. The number of ether oxygens (including phenoxy) is 1. The van der Waals surface area contributed by atoms with Crippen LogP contribution in [0.1, 0.15) is 53.7 Å². The predicted molar refractivity (Wildman–Crippen MR) is 114 cm³/mol. The molecule has 3 aliphatic rings. The zero-order valence-electron chi connectivity index (χ0n) is 17.6. The number of carbonyl (C=O) groups excluding carboxylic acids is 2. The Labute approximate surface area is 177 Å². The van der Waals surface area contributed by atoms with Crippen molar-refractivity contribution in [3.8, 4) is 5.75 Å². The second-order valence-corrected chi connectivity index (χ2v) is 8.89. The highest BCUT2D eigenvalue weighted by atomic mass is 16.5. The van der Waals surface area contributed by atoms with Crippen LogP contribution in [-0.4, -0.2) is 47.2 Å². The van der Waals surface area contributed by atoms with E-state index in [1.807, 2.05) is 47.4 Å². The van der Waals surface area contributed by atoms with E-state index in [0.29, 0.717) is 12.5 Å². The van der Waals surface area contributed by atoms with E-state index in [-0.39, 0.29) is 23.3 Å². The van der Waals surface area contributed by atoms with Crippen LogP contribution in [0.2, 0.25) is 0 Å². The first-order valence-electron chi connectivity index (χ1n) is 10.8. The Hall–Kier alpha value is -2.66. The van der Waals surface area contributed by atoms with Crippen LogP contribution >= 0.6 is 0 Å². The molecule has 3 aliphatic heterocycles. The number of amides is 1. The number of hydrogen-bond acceptors (Lipinski definition) is 4. The molecule has 156 valence electrons. The van der Waals surface area contributed by atoms with Crippen molar-refractivity contribution in [1.82, 2.24) is 9.80 Å². The largest absolute Gasteiger partial charge is 0.497 e. The molecule has 30 heavy (non-hydrogen) atoms. The number of Topliss-reactive ketones (excluding diaryl/α,β-unsaturated/α-hetero) is 1. The third kappa shape index (κ3) is 2.87. The summed E-state index contributed by atoms with van der Waals surface area (Å²) in [5.41, 5.74) is 2.71. The van der Waals surface area contributed by atoms with E-state index in [0.717, 1.165) is 49.2 Å². The standard InChI is InChI=1S/C25H28N2O3/c1-17(28)19-5-3-6-20(13-19)23-14-21-16-26(15-18-7-9-22(30-2)10-8-18)24(29)25(21)11-4-12-27(23)25/h3,5-10,13,21,23H,4,11-12,14-16H2,1-2H3/t21-,23-,25-/m0/s1. The first-order valence-corrected chi connectivity index (χ1v) is 10.8. The SMILES string of the molecule is COc1ccc(CN2C[C@@H]3C[C@@H](c4cccc(C(C)=O)c4)N4CCC[C@@]34C2=O)cc1. The van der Waals surface area contributed by atoms with E-state index in [1.165, 1.54) is 5.56 Å². The molecule has 1 spiro atoms. The summed E-state index contributed by atoms with van der Waals surface area (Å²) in [6.07, 6.45) is 2.98. The van der Waals surface area contributed by atoms with Gasteiger partial charge in [-0.1, -0.05) is 30.3 Å². The van der Waals surface area contributed by atoms with E-state index in [4.69, 9.17) is 4.74 Å². The van der Waals surface area contributed by atoms with Crippen LogP contribution in [-0.2, 0) is 11.3 Å². The van der Waals surface area contributed by atoms with Gasteiger partial charge in [0.25, 0.3) is 0 Å². The third-order valence-corrected chi connectivity index (χ3v) is 7.34. The number of nitrogens with zero attached hydrogens (tertiary/aromatic N) is 2. The number of methoxy groups -OCH3 is 1. The third-order valence-electron chi connectivity index (χ3n) is 7.34. The van der Waals surface area contributed by atoms with Gasteiger partial charge >= 0.3 is 0 Å². The minimum atomic E-state index is -0.358. The molecule has 2 aromatic carbocycles. The van der Waals surface area contributed by atoms with Crippen molar-refractivity contribution in [2.45, 2.75) is 44.3 Å². The van der Waals surface area contributed by atoms with Crippen LogP contribution in [0.5, 0.6) is 5.75 Å². The van der Waals surface area contributed by atoms with Gasteiger partial charge in [-0.2, -0.15) is 0 Å². The fourth-order valence-electron chi connectivity index (χ4n) is 5.95. The molecule has 0 aliphatic carbocycles. The van der Waals surface area contributed by atoms with Crippen molar-refractivity contribution in [3.05, 3.63) is 65.2 Å². The molecule has 5 heteroatoms. The summed E-state index contributed by atoms with van der Waals surface area (Å²) in [6.45, 7) is 4.03. The molecule has 2 aromatic rings. The van der Waals surface area contributed by atoms with E-state index in [1.54, 1.807) is 14.0 Å². The van der Waals surface area contributed by atoms with Gasteiger partial charge in [0.05, 0.1) is 7.11 Å². The molecule has 0 unspecified atom stereocenters. The van der Waals surface area contributed by atoms with Crippen molar-refractivity contribution >= 4 is 11.7 Å². The highest BCUT2D eigenvalue weighted by Gasteiger charge is 2.65. The second-order valence-electron chi connectivity index (χ2n) is 8.89. The summed E-state index contributed by atoms with van der Waals surface area (Å²) in [5, 5.41) is 0. The lowest BCUT2D eigenvalue weighted by atomic mass is 9.85. The van der Waals surface area contributed by atoms with E-state index in [2.05, 4.69) is 11.0 Å². The van der Waals surface area contributed by atoms with Gasteiger partial charge in [0.2, 0.25) is 5.91 Å². The van der Waals surface area contributed by atoms with Crippen molar-refractivity contribution in [3.63, 3.8) is 0 Å². The summed E-state index contributed by atoms with van der Waals surface area (Å²) in [4.78, 5) is 30.0. The lowest BCUT2D eigenvalue weighted by Gasteiger charge is -2.33. The van der Waals surface area contributed by atoms with Crippen molar-refractivity contribution in [2.24, 2.45) is 5.92 Å². The number of rotatable bonds is 5. The summed E-state index contributed by atoms with van der Waals surface area (Å²) in [5.74, 6) is 1.55. The summed E-state index contributed by atoms with van der Waals surface area (Å²) < 4.78 is 5.25. The quantitative estimate of drug-likeness (QED) is 0.711. The van der Waals surface area contributed by atoms with Gasteiger partial charge in [0.1, 0.15) is 11.3 Å². The Balaban J connectivity index is 1.39. The van der Waals surface area contributed by atoms with Crippen LogP contribution in [0.4, 0.5) is 0 Å². The molecule has 0 N–H and O–H groups in total. The Morgan fingerprint density at radius 3 is 2.73 bits per heavy atom. The number of hydrogen-bond donors (Lipinski definition) is 0. The second kappa shape index (κ2) is 7.24. The van der Waals surface area contributed by atoms with Crippen LogP contribution in [0.25, 0.3) is 0 Å². The predicted octanol–water partition coefficient (Wildman–Crippen LogP) is 3.84. The lowest BCUT2D eigenvalue weighted by molar-refractivity contribution is -0.137. The molecule has 0 aromatic heterocycles. The van der Waals surface area contributed by atoms with E-state index < -0.39 is 0 Å². The van der Waals surface area contributed by atoms with Crippen LogP contribution < -0.4 is 4.74 Å². The minimum Gasteiger partial charge on any atom is -0.497 e. The van der Waals surface area contributed by atoms with Gasteiger partial charge in [-0.25, -0.2) is 0 Å². The van der Waals surface area contributed by atoms with Gasteiger partial charge < -0.3 is 9.64 Å². The van der Waals surface area contributed by atoms with Gasteiger partial charge in [0.15, 0.2) is 5.78 Å². The van der Waals surface area contributed by atoms with Gasteiger partial charge in [-0.05, 0) is 62.1 Å². The number of benzene rings is 2. The molecule has 3 atom stereocenters. The first-order chi connectivity index (χ1) is 14.5. The van der Waals surface area contributed by atoms with Gasteiger partial charge in [-0.15, -0.1) is 0 Å². The van der Waals surface area contributed by atoms with E-state index >= 15 is 0 Å². The average molecular weight is 405 g/mol. The van der Waals surface area contributed by atoms with Crippen molar-refractivity contribution in [1.29, 1.82) is 0 Å². The molecule has 1 amide bonds. The monoisotopic (exact) mass is 404 g/mol. The molecule has 3 fully saturated rings. The van der Waals surface area contributed by atoms with Crippen molar-refractivity contribution < 1.29 is 14.3 Å². The molecular formula is C25H28N2O3. The molecule has 0 bridgehead atoms. The Morgan fingerprint density at radius 1 is 1.20 bits per heavy atom. The number of likely N-dealkylation sites (tertiary alicyclic amines) is 1. The molecule has 5 nitrogen and oxygen atoms in total. The number of carbonyl (C=O) groups is 2. The summed E-state index contributed by atoms with van der Waals surface area (Å²) in [6, 6.07) is 16.2. The maximum atomic E-state index is 13.7. The lowest BCUT2D eigenvalue weighted by Crippen LogP contribution is -2.49. The summed E-state index contributed by atoms with van der Waals surface area (Å²) >= 11 is 0. The molecule has 3 saturated heterocycles. The summed E-state index contributed by atoms with van der Waals surface area (Å²) in [7, 11) is 1.66. The number of ketones is 1.